The molecule has 0 atom stereocenters. The lowest BCUT2D eigenvalue weighted by molar-refractivity contribution is 0.102. The van der Waals surface area contributed by atoms with Gasteiger partial charge in [-0.15, -0.1) is 0 Å². The van der Waals surface area contributed by atoms with Crippen molar-refractivity contribution in [3.8, 4) is 22.8 Å². The van der Waals surface area contributed by atoms with Crippen molar-refractivity contribution in [3.05, 3.63) is 107 Å². The molecule has 5 aromatic rings. The summed E-state index contributed by atoms with van der Waals surface area (Å²) >= 11 is 6.33. The van der Waals surface area contributed by atoms with Crippen molar-refractivity contribution in [2.75, 3.05) is 5.32 Å². The SMILES string of the molecule is CC(C)c1ccc(NC(=O)c2cc(-c3ccc(-c4ccccc4Cl)o3)nc3ccccc23)cc1. The first-order chi connectivity index (χ1) is 16.5. The monoisotopic (exact) mass is 466 g/mol. The number of benzene rings is 3. The molecule has 1 N–H and O–H groups in total. The molecule has 0 aliphatic heterocycles. The first-order valence-corrected chi connectivity index (χ1v) is 11.5. The van der Waals surface area contributed by atoms with E-state index < -0.39 is 0 Å². The van der Waals surface area contributed by atoms with Crippen LogP contribution in [-0.4, -0.2) is 10.9 Å². The largest absolute Gasteiger partial charge is 0.454 e. The Morgan fingerprint density at radius 2 is 1.59 bits per heavy atom. The normalized spacial score (nSPS) is 11.2. The number of fused-ring (bicyclic) bond motifs is 1. The van der Waals surface area contributed by atoms with Crippen LogP contribution in [-0.2, 0) is 0 Å². The number of nitrogens with one attached hydrogen (secondary N) is 1. The number of furan rings is 1. The number of amides is 1. The Balaban J connectivity index is 1.52. The lowest BCUT2D eigenvalue weighted by Gasteiger charge is -2.11. The molecule has 0 saturated heterocycles. The van der Waals surface area contributed by atoms with Gasteiger partial charge in [0.1, 0.15) is 11.5 Å². The number of anilines is 1. The van der Waals surface area contributed by atoms with Crippen LogP contribution < -0.4 is 5.32 Å². The highest BCUT2D eigenvalue weighted by Crippen LogP contribution is 2.33. The second kappa shape index (κ2) is 9.16. The Morgan fingerprint density at radius 3 is 2.35 bits per heavy atom. The number of hydrogen-bond donors (Lipinski definition) is 1. The van der Waals surface area contributed by atoms with Crippen LogP contribution in [0.2, 0.25) is 5.02 Å². The average Bonchev–Trinajstić information content (AvgIpc) is 3.34. The van der Waals surface area contributed by atoms with Crippen LogP contribution in [0.1, 0.15) is 35.7 Å². The van der Waals surface area contributed by atoms with E-state index in [4.69, 9.17) is 21.0 Å². The molecule has 168 valence electrons. The molecule has 0 spiro atoms. The third kappa shape index (κ3) is 4.33. The number of rotatable bonds is 5. The first kappa shape index (κ1) is 21.9. The Hall–Kier alpha value is -3.89. The molecule has 2 aromatic heterocycles. The van der Waals surface area contributed by atoms with Gasteiger partial charge in [-0.3, -0.25) is 4.79 Å². The van der Waals surface area contributed by atoms with E-state index in [0.29, 0.717) is 33.7 Å². The first-order valence-electron chi connectivity index (χ1n) is 11.2. The van der Waals surface area contributed by atoms with E-state index in [-0.39, 0.29) is 5.91 Å². The zero-order valence-electron chi connectivity index (χ0n) is 18.9. The smallest absolute Gasteiger partial charge is 0.256 e. The van der Waals surface area contributed by atoms with E-state index >= 15 is 0 Å². The molecule has 0 unspecified atom stereocenters. The highest BCUT2D eigenvalue weighted by molar-refractivity contribution is 6.33. The predicted octanol–water partition coefficient (Wildman–Crippen LogP) is 8.19. The molecule has 4 nitrogen and oxygen atoms in total. The third-order valence-corrected chi connectivity index (χ3v) is 6.12. The number of carbonyl (C=O) groups excluding carboxylic acids is 1. The molecule has 1 amide bonds. The molecule has 0 saturated carbocycles. The van der Waals surface area contributed by atoms with Crippen molar-refractivity contribution < 1.29 is 9.21 Å². The van der Waals surface area contributed by atoms with Gasteiger partial charge in [-0.25, -0.2) is 4.98 Å². The maximum absolute atomic E-state index is 13.3. The summed E-state index contributed by atoms with van der Waals surface area (Å²) in [6, 6.07) is 28.5. The van der Waals surface area contributed by atoms with Crippen LogP contribution in [0, 0.1) is 0 Å². The molecular formula is C29H23ClN2O2. The van der Waals surface area contributed by atoms with Crippen LogP contribution in [0.5, 0.6) is 0 Å². The van der Waals surface area contributed by atoms with E-state index in [9.17, 15) is 4.79 Å². The summed E-state index contributed by atoms with van der Waals surface area (Å²) in [7, 11) is 0. The fourth-order valence-corrected chi connectivity index (χ4v) is 4.15. The van der Waals surface area contributed by atoms with E-state index in [0.717, 1.165) is 22.2 Å². The summed E-state index contributed by atoms with van der Waals surface area (Å²) in [6.07, 6.45) is 0. The number of nitrogens with zero attached hydrogens (tertiary/aromatic N) is 1. The lowest BCUT2D eigenvalue weighted by atomic mass is 10.0. The Bertz CT molecular complexity index is 1490. The van der Waals surface area contributed by atoms with Gasteiger partial charge in [-0.2, -0.15) is 0 Å². The summed E-state index contributed by atoms with van der Waals surface area (Å²) in [6.45, 7) is 4.29. The van der Waals surface area contributed by atoms with Crippen LogP contribution >= 0.6 is 11.6 Å². The van der Waals surface area contributed by atoms with Gasteiger partial charge in [0.25, 0.3) is 5.91 Å². The van der Waals surface area contributed by atoms with Crippen LogP contribution in [0.4, 0.5) is 5.69 Å². The van der Waals surface area contributed by atoms with Gasteiger partial charge in [0.05, 0.1) is 16.1 Å². The van der Waals surface area contributed by atoms with Crippen molar-refractivity contribution >= 4 is 34.1 Å². The number of aromatic nitrogens is 1. The van der Waals surface area contributed by atoms with Crippen molar-refractivity contribution in [2.24, 2.45) is 0 Å². The van der Waals surface area contributed by atoms with Gasteiger partial charge in [-0.05, 0) is 60.0 Å². The maximum Gasteiger partial charge on any atom is 0.256 e. The molecule has 3 aromatic carbocycles. The number of carbonyl (C=O) groups is 1. The lowest BCUT2D eigenvalue weighted by Crippen LogP contribution is -2.13. The second-order valence-electron chi connectivity index (χ2n) is 8.45. The molecule has 34 heavy (non-hydrogen) atoms. The molecule has 0 aliphatic carbocycles. The maximum atomic E-state index is 13.3. The van der Waals surface area contributed by atoms with Crippen molar-refractivity contribution in [3.63, 3.8) is 0 Å². The molecule has 5 rings (SSSR count). The van der Waals surface area contributed by atoms with E-state index in [2.05, 4.69) is 19.2 Å². The third-order valence-electron chi connectivity index (χ3n) is 5.79. The highest BCUT2D eigenvalue weighted by Gasteiger charge is 2.17. The summed E-state index contributed by atoms with van der Waals surface area (Å²) in [5.74, 6) is 1.44. The Labute approximate surface area is 203 Å². The van der Waals surface area contributed by atoms with Crippen LogP contribution in [0.3, 0.4) is 0 Å². The zero-order chi connectivity index (χ0) is 23.7. The number of pyridine rings is 1. The van der Waals surface area contributed by atoms with Crippen molar-refractivity contribution in [1.82, 2.24) is 4.98 Å². The Morgan fingerprint density at radius 1 is 0.882 bits per heavy atom. The molecule has 2 heterocycles. The predicted molar refractivity (Wildman–Crippen MR) is 138 cm³/mol. The van der Waals surface area contributed by atoms with Gasteiger partial charge >= 0.3 is 0 Å². The summed E-state index contributed by atoms with van der Waals surface area (Å²) < 4.78 is 6.10. The Kier molecular flexibility index (Phi) is 5.91. The quantitative estimate of drug-likeness (QED) is 0.284. The minimum Gasteiger partial charge on any atom is -0.454 e. The van der Waals surface area contributed by atoms with Crippen molar-refractivity contribution in [2.45, 2.75) is 19.8 Å². The fraction of sp³-hybridized carbons (Fsp3) is 0.103. The number of halogens is 1. The van der Waals surface area contributed by atoms with Crippen molar-refractivity contribution in [1.29, 1.82) is 0 Å². The minimum absolute atomic E-state index is 0.199. The minimum atomic E-state index is -0.199. The summed E-state index contributed by atoms with van der Waals surface area (Å²) in [5.41, 5.74) is 4.61. The second-order valence-corrected chi connectivity index (χ2v) is 8.85. The van der Waals surface area contributed by atoms with Gasteiger partial charge in [-0.1, -0.05) is 67.9 Å². The fourth-order valence-electron chi connectivity index (χ4n) is 3.92. The summed E-state index contributed by atoms with van der Waals surface area (Å²) in [5, 5.41) is 4.41. The van der Waals surface area contributed by atoms with Crippen LogP contribution in [0.25, 0.3) is 33.7 Å². The topological polar surface area (TPSA) is 55.1 Å². The van der Waals surface area contributed by atoms with Gasteiger partial charge in [0, 0.05) is 16.6 Å². The molecule has 0 radical (unpaired) electrons. The zero-order valence-corrected chi connectivity index (χ0v) is 19.6. The standard InChI is InChI=1S/C29H23ClN2O2/c1-18(2)19-11-13-20(14-12-19)31-29(33)23-17-26(32-25-10-6-4-7-21(23)25)28-16-15-27(34-28)22-8-3-5-9-24(22)30/h3-18H,1-2H3,(H,31,33). The van der Waals surface area contributed by atoms with Gasteiger partial charge in [0.15, 0.2) is 5.76 Å². The van der Waals surface area contributed by atoms with E-state index in [1.165, 1.54) is 5.56 Å². The molecule has 5 heteroatoms. The van der Waals surface area contributed by atoms with Gasteiger partial charge in [0.2, 0.25) is 0 Å². The highest BCUT2D eigenvalue weighted by atomic mass is 35.5. The molecular weight excluding hydrogens is 444 g/mol. The molecule has 0 aliphatic rings. The van der Waals surface area contributed by atoms with E-state index in [1.54, 1.807) is 6.07 Å². The molecule has 0 bridgehead atoms. The molecule has 0 fully saturated rings. The van der Waals surface area contributed by atoms with Crippen LogP contribution in [0.15, 0.2) is 95.4 Å². The summed E-state index contributed by atoms with van der Waals surface area (Å²) in [4.78, 5) is 18.1. The number of hydrogen-bond acceptors (Lipinski definition) is 3. The van der Waals surface area contributed by atoms with Gasteiger partial charge < -0.3 is 9.73 Å². The average molecular weight is 467 g/mol. The number of para-hydroxylation sites is 1. The van der Waals surface area contributed by atoms with E-state index in [1.807, 2.05) is 84.9 Å².